The summed E-state index contributed by atoms with van der Waals surface area (Å²) in [5.74, 6) is 2.04. The molecule has 1 saturated heterocycles. The highest BCUT2D eigenvalue weighted by molar-refractivity contribution is 5.81. The fraction of sp³-hybridized carbons (Fsp3) is 0.652. The lowest BCUT2D eigenvalue weighted by Gasteiger charge is -2.35. The quantitative estimate of drug-likeness (QED) is 0.559. The molecule has 0 spiro atoms. The van der Waals surface area contributed by atoms with Gasteiger partial charge in [0.05, 0.1) is 0 Å². The number of guanidine groups is 1. The minimum absolute atomic E-state index is 0.188. The lowest BCUT2D eigenvalue weighted by Crippen LogP contribution is -2.51. The summed E-state index contributed by atoms with van der Waals surface area (Å²) in [5, 5.41) is 7.23. The molecule has 2 unspecified atom stereocenters. The Hall–Kier alpha value is -2.04. The Labute approximate surface area is 170 Å². The van der Waals surface area contributed by atoms with Gasteiger partial charge in [0.25, 0.3) is 0 Å². The number of carbonyl (C=O) groups is 1. The lowest BCUT2D eigenvalue weighted by atomic mass is 9.98. The minimum Gasteiger partial charge on any atom is -0.354 e. The number of nitrogens with zero attached hydrogens (tertiary/aromatic N) is 2. The maximum Gasteiger partial charge on any atom is 0.225 e. The van der Waals surface area contributed by atoms with E-state index < -0.39 is 0 Å². The Morgan fingerprint density at radius 3 is 2.39 bits per heavy atom. The Kier molecular flexibility index (Phi) is 7.35. The van der Waals surface area contributed by atoms with E-state index in [-0.39, 0.29) is 5.92 Å². The normalized spacial score (nSPS) is 23.0. The van der Waals surface area contributed by atoms with Crippen molar-refractivity contribution in [3.63, 3.8) is 0 Å². The molecule has 0 aromatic heterocycles. The van der Waals surface area contributed by atoms with Gasteiger partial charge < -0.3 is 15.5 Å². The molecule has 5 nitrogen and oxygen atoms in total. The Balaban J connectivity index is 1.47. The van der Waals surface area contributed by atoms with E-state index in [0.717, 1.165) is 57.7 Å². The average Bonchev–Trinajstić information content (AvgIpc) is 3.49. The summed E-state index contributed by atoms with van der Waals surface area (Å²) in [4.78, 5) is 19.3. The highest BCUT2D eigenvalue weighted by Crippen LogP contribution is 2.40. The second-order valence-electron chi connectivity index (χ2n) is 8.08. The molecule has 1 aliphatic heterocycles. The molecule has 154 valence electrons. The monoisotopic (exact) mass is 384 g/mol. The molecule has 5 heteroatoms. The van der Waals surface area contributed by atoms with Crippen LogP contribution in [0.5, 0.6) is 0 Å². The fourth-order valence-electron chi connectivity index (χ4n) is 4.22. The summed E-state index contributed by atoms with van der Waals surface area (Å²) >= 11 is 0. The molecule has 1 heterocycles. The summed E-state index contributed by atoms with van der Waals surface area (Å²) < 4.78 is 0. The molecule has 1 saturated carbocycles. The van der Waals surface area contributed by atoms with Gasteiger partial charge in [0, 0.05) is 43.6 Å². The van der Waals surface area contributed by atoms with Crippen LogP contribution in [0.25, 0.3) is 0 Å². The number of piperidine rings is 1. The molecule has 3 rings (SSSR count). The van der Waals surface area contributed by atoms with E-state index in [2.05, 4.69) is 71.6 Å². The van der Waals surface area contributed by atoms with Gasteiger partial charge in [-0.25, -0.2) is 0 Å². The second-order valence-corrected chi connectivity index (χ2v) is 8.08. The first-order valence-electron chi connectivity index (χ1n) is 11.1. The van der Waals surface area contributed by atoms with Gasteiger partial charge in [-0.15, -0.1) is 0 Å². The van der Waals surface area contributed by atoms with Crippen molar-refractivity contribution >= 4 is 11.9 Å². The Morgan fingerprint density at radius 2 is 1.79 bits per heavy atom. The van der Waals surface area contributed by atoms with Crippen LogP contribution in [0.2, 0.25) is 0 Å². The molecule has 0 bridgehead atoms. The first kappa shape index (κ1) is 20.7. The van der Waals surface area contributed by atoms with Crippen LogP contribution < -0.4 is 10.6 Å². The summed E-state index contributed by atoms with van der Waals surface area (Å²) in [6.07, 6.45) is 5.02. The maximum atomic E-state index is 12.6. The SMILES string of the molecule is CCN=C(NC1CCN(C(=O)C(CC)CC)CC1)NC1CC1c1ccccc1. The van der Waals surface area contributed by atoms with Crippen LogP contribution in [-0.2, 0) is 4.79 Å². The number of carbonyl (C=O) groups excluding carboxylic acids is 1. The van der Waals surface area contributed by atoms with Crippen LogP contribution >= 0.6 is 0 Å². The number of benzene rings is 1. The maximum absolute atomic E-state index is 12.6. The number of nitrogens with one attached hydrogen (secondary N) is 2. The van der Waals surface area contributed by atoms with Crippen molar-refractivity contribution in [2.24, 2.45) is 10.9 Å². The zero-order valence-corrected chi connectivity index (χ0v) is 17.7. The molecule has 2 atom stereocenters. The van der Waals surface area contributed by atoms with Gasteiger partial charge in [-0.05, 0) is 44.6 Å². The lowest BCUT2D eigenvalue weighted by molar-refractivity contribution is -0.136. The van der Waals surface area contributed by atoms with Crippen molar-refractivity contribution < 1.29 is 4.79 Å². The standard InChI is InChI=1S/C23H36N4O/c1-4-17(5-2)22(28)27-14-12-19(13-15-27)25-23(24-6-3)26-21-16-20(21)18-10-8-7-9-11-18/h7-11,17,19-21H,4-6,12-16H2,1-3H3,(H2,24,25,26). The van der Waals surface area contributed by atoms with Gasteiger partial charge in [0.1, 0.15) is 0 Å². The van der Waals surface area contributed by atoms with Gasteiger partial charge in [-0.3, -0.25) is 9.79 Å². The largest absolute Gasteiger partial charge is 0.354 e. The van der Waals surface area contributed by atoms with Crippen LogP contribution in [0.15, 0.2) is 35.3 Å². The van der Waals surface area contributed by atoms with E-state index in [0.29, 0.717) is 23.9 Å². The van der Waals surface area contributed by atoms with Gasteiger partial charge in [0.2, 0.25) is 5.91 Å². The van der Waals surface area contributed by atoms with Crippen LogP contribution in [0.4, 0.5) is 0 Å². The topological polar surface area (TPSA) is 56.7 Å². The van der Waals surface area contributed by atoms with E-state index in [1.165, 1.54) is 5.56 Å². The number of aliphatic imine (C=N–C) groups is 1. The van der Waals surface area contributed by atoms with Gasteiger partial charge >= 0.3 is 0 Å². The summed E-state index contributed by atoms with van der Waals surface area (Å²) in [5.41, 5.74) is 1.41. The van der Waals surface area contributed by atoms with Crippen LogP contribution in [-0.4, -0.2) is 48.5 Å². The van der Waals surface area contributed by atoms with Gasteiger partial charge in [-0.1, -0.05) is 44.2 Å². The molecule has 1 aliphatic carbocycles. The van der Waals surface area contributed by atoms with Crippen molar-refractivity contribution in [3.8, 4) is 0 Å². The average molecular weight is 385 g/mol. The summed E-state index contributed by atoms with van der Waals surface area (Å²) in [6, 6.07) is 11.6. The first-order valence-corrected chi connectivity index (χ1v) is 11.1. The van der Waals surface area contributed by atoms with Crippen molar-refractivity contribution in [3.05, 3.63) is 35.9 Å². The zero-order chi connectivity index (χ0) is 19.9. The molecule has 1 amide bonds. The van der Waals surface area contributed by atoms with Gasteiger partial charge in [-0.2, -0.15) is 0 Å². The second kappa shape index (κ2) is 9.94. The number of likely N-dealkylation sites (tertiary alicyclic amines) is 1. The zero-order valence-electron chi connectivity index (χ0n) is 17.7. The first-order chi connectivity index (χ1) is 13.7. The van der Waals surface area contributed by atoms with Crippen LogP contribution in [0.1, 0.15) is 64.4 Å². The van der Waals surface area contributed by atoms with Crippen LogP contribution in [0.3, 0.4) is 0 Å². The van der Waals surface area contributed by atoms with E-state index in [1.54, 1.807) is 0 Å². The van der Waals surface area contributed by atoms with Crippen molar-refractivity contribution in [2.45, 2.75) is 70.9 Å². The molecule has 0 radical (unpaired) electrons. The van der Waals surface area contributed by atoms with Crippen molar-refractivity contribution in [1.82, 2.24) is 15.5 Å². The molecule has 28 heavy (non-hydrogen) atoms. The predicted octanol–water partition coefficient (Wildman–Crippen LogP) is 3.52. The highest BCUT2D eigenvalue weighted by atomic mass is 16.2. The molecule has 2 aliphatic rings. The highest BCUT2D eigenvalue weighted by Gasteiger charge is 2.39. The number of hydrogen-bond donors (Lipinski definition) is 2. The summed E-state index contributed by atoms with van der Waals surface area (Å²) in [7, 11) is 0. The third-order valence-electron chi connectivity index (χ3n) is 6.14. The molecule has 2 N–H and O–H groups in total. The predicted molar refractivity (Wildman–Crippen MR) is 116 cm³/mol. The fourth-order valence-corrected chi connectivity index (χ4v) is 4.22. The third kappa shape index (κ3) is 5.27. The number of rotatable bonds is 7. The van der Waals surface area contributed by atoms with E-state index in [4.69, 9.17) is 0 Å². The van der Waals surface area contributed by atoms with E-state index in [1.807, 2.05) is 0 Å². The molecular weight excluding hydrogens is 348 g/mol. The van der Waals surface area contributed by atoms with Crippen molar-refractivity contribution in [1.29, 1.82) is 0 Å². The molecule has 1 aromatic carbocycles. The molecule has 2 fully saturated rings. The Morgan fingerprint density at radius 1 is 1.11 bits per heavy atom. The number of amides is 1. The third-order valence-corrected chi connectivity index (χ3v) is 6.14. The van der Waals surface area contributed by atoms with E-state index in [9.17, 15) is 4.79 Å². The smallest absolute Gasteiger partial charge is 0.225 e. The van der Waals surface area contributed by atoms with Crippen LogP contribution in [0, 0.1) is 5.92 Å². The Bertz CT molecular complexity index is 648. The summed E-state index contributed by atoms with van der Waals surface area (Å²) in [6.45, 7) is 8.76. The molecule has 1 aromatic rings. The molecular formula is C23H36N4O. The van der Waals surface area contributed by atoms with E-state index >= 15 is 0 Å². The minimum atomic E-state index is 0.188. The van der Waals surface area contributed by atoms with Gasteiger partial charge in [0.15, 0.2) is 5.96 Å². The number of hydrogen-bond acceptors (Lipinski definition) is 2. The van der Waals surface area contributed by atoms with Crippen molar-refractivity contribution in [2.75, 3.05) is 19.6 Å².